The monoisotopic (exact) mass is 282 g/mol. The normalized spacial score (nSPS) is 23.9. The summed E-state index contributed by atoms with van der Waals surface area (Å²) in [4.78, 5) is 2.11. The first-order chi connectivity index (χ1) is 8.98. The van der Waals surface area contributed by atoms with E-state index in [2.05, 4.69) is 9.62 Å². The molecule has 0 saturated heterocycles. The Labute approximate surface area is 115 Å². The SMILES string of the molecule is CN(C)[C@@H]1CCC[C@H]1NS(=O)(=O)Cc1ccccc1. The third kappa shape index (κ3) is 4.03. The van der Waals surface area contributed by atoms with Gasteiger partial charge in [0.1, 0.15) is 0 Å². The Morgan fingerprint density at radius 3 is 2.53 bits per heavy atom. The summed E-state index contributed by atoms with van der Waals surface area (Å²) in [6.45, 7) is 0. The highest BCUT2D eigenvalue weighted by molar-refractivity contribution is 7.88. The average molecular weight is 282 g/mol. The number of nitrogens with zero attached hydrogens (tertiary/aromatic N) is 1. The minimum Gasteiger partial charge on any atom is -0.305 e. The fraction of sp³-hybridized carbons (Fsp3) is 0.571. The summed E-state index contributed by atoms with van der Waals surface area (Å²) in [5.41, 5.74) is 0.828. The summed E-state index contributed by atoms with van der Waals surface area (Å²) in [6.07, 6.45) is 3.07. The van der Waals surface area contributed by atoms with Crippen LogP contribution in [0.5, 0.6) is 0 Å². The topological polar surface area (TPSA) is 49.4 Å². The van der Waals surface area contributed by atoms with Gasteiger partial charge in [0.2, 0.25) is 10.0 Å². The number of nitrogens with one attached hydrogen (secondary N) is 1. The molecule has 0 unspecified atom stereocenters. The Hall–Kier alpha value is -0.910. The summed E-state index contributed by atoms with van der Waals surface area (Å²) in [5.74, 6) is 0.0600. The second-order valence-electron chi connectivity index (χ2n) is 5.43. The molecule has 1 saturated carbocycles. The fourth-order valence-corrected chi connectivity index (χ4v) is 4.21. The van der Waals surface area contributed by atoms with Crippen LogP contribution in [0.4, 0.5) is 0 Å². The van der Waals surface area contributed by atoms with Crippen molar-refractivity contribution in [2.75, 3.05) is 14.1 Å². The van der Waals surface area contributed by atoms with Crippen LogP contribution in [-0.4, -0.2) is 39.5 Å². The summed E-state index contributed by atoms with van der Waals surface area (Å²) in [6, 6.07) is 9.66. The molecule has 0 aromatic heterocycles. The summed E-state index contributed by atoms with van der Waals surface area (Å²) >= 11 is 0. The van der Waals surface area contributed by atoms with Crippen LogP contribution in [0.15, 0.2) is 30.3 Å². The van der Waals surface area contributed by atoms with Crippen molar-refractivity contribution in [2.45, 2.75) is 37.1 Å². The molecule has 106 valence electrons. The maximum atomic E-state index is 12.2. The minimum absolute atomic E-state index is 0.0451. The summed E-state index contributed by atoms with van der Waals surface area (Å²) < 4.78 is 27.3. The molecule has 1 aliphatic rings. The zero-order chi connectivity index (χ0) is 13.9. The second-order valence-corrected chi connectivity index (χ2v) is 7.18. The number of rotatable bonds is 5. The van der Waals surface area contributed by atoms with Crippen LogP contribution in [0.3, 0.4) is 0 Å². The lowest BCUT2D eigenvalue weighted by Crippen LogP contribution is -2.46. The van der Waals surface area contributed by atoms with Gasteiger partial charge in [0, 0.05) is 12.1 Å². The van der Waals surface area contributed by atoms with Gasteiger partial charge in [-0.25, -0.2) is 13.1 Å². The van der Waals surface area contributed by atoms with Crippen LogP contribution in [0.25, 0.3) is 0 Å². The molecular weight excluding hydrogens is 260 g/mol. The maximum Gasteiger partial charge on any atom is 0.216 e. The first-order valence-corrected chi connectivity index (χ1v) is 8.33. The predicted octanol–water partition coefficient (Wildman–Crippen LogP) is 1.59. The third-order valence-electron chi connectivity index (χ3n) is 3.67. The predicted molar refractivity (Wildman–Crippen MR) is 77.3 cm³/mol. The molecule has 1 aromatic rings. The number of sulfonamides is 1. The van der Waals surface area contributed by atoms with Crippen LogP contribution in [0.2, 0.25) is 0 Å². The molecule has 4 nitrogen and oxygen atoms in total. The molecule has 2 atom stereocenters. The number of hydrogen-bond acceptors (Lipinski definition) is 3. The molecule has 0 radical (unpaired) electrons. The lowest BCUT2D eigenvalue weighted by Gasteiger charge is -2.26. The van der Waals surface area contributed by atoms with E-state index in [1.165, 1.54) is 0 Å². The molecule has 0 bridgehead atoms. The van der Waals surface area contributed by atoms with Crippen molar-refractivity contribution in [3.63, 3.8) is 0 Å². The van der Waals surface area contributed by atoms with Gasteiger partial charge in [-0.2, -0.15) is 0 Å². The molecule has 2 rings (SSSR count). The fourth-order valence-electron chi connectivity index (χ4n) is 2.76. The Bertz CT molecular complexity index is 499. The van der Waals surface area contributed by atoms with Crippen molar-refractivity contribution in [3.8, 4) is 0 Å². The zero-order valence-electron chi connectivity index (χ0n) is 11.5. The van der Waals surface area contributed by atoms with Crippen molar-refractivity contribution in [1.29, 1.82) is 0 Å². The van der Waals surface area contributed by atoms with E-state index >= 15 is 0 Å². The average Bonchev–Trinajstić information content (AvgIpc) is 2.77. The van der Waals surface area contributed by atoms with Crippen molar-refractivity contribution in [3.05, 3.63) is 35.9 Å². The largest absolute Gasteiger partial charge is 0.305 e. The lowest BCUT2D eigenvalue weighted by atomic mass is 10.2. The Morgan fingerprint density at radius 2 is 1.89 bits per heavy atom. The highest BCUT2D eigenvalue weighted by Crippen LogP contribution is 2.23. The van der Waals surface area contributed by atoms with Crippen molar-refractivity contribution < 1.29 is 8.42 Å². The molecular formula is C14H22N2O2S. The molecule has 1 aromatic carbocycles. The summed E-state index contributed by atoms with van der Waals surface area (Å²) in [5, 5.41) is 0. The van der Waals surface area contributed by atoms with Crippen LogP contribution in [0.1, 0.15) is 24.8 Å². The van der Waals surface area contributed by atoms with E-state index in [0.717, 1.165) is 24.8 Å². The van der Waals surface area contributed by atoms with Gasteiger partial charge >= 0.3 is 0 Å². The van der Waals surface area contributed by atoms with E-state index < -0.39 is 10.0 Å². The van der Waals surface area contributed by atoms with Crippen molar-refractivity contribution in [1.82, 2.24) is 9.62 Å². The van der Waals surface area contributed by atoms with E-state index in [9.17, 15) is 8.42 Å². The van der Waals surface area contributed by atoms with E-state index in [0.29, 0.717) is 6.04 Å². The third-order valence-corrected chi connectivity index (χ3v) is 5.05. The smallest absolute Gasteiger partial charge is 0.216 e. The Balaban J connectivity index is 2.01. The van der Waals surface area contributed by atoms with Crippen LogP contribution in [0, 0.1) is 0 Å². The molecule has 0 aliphatic heterocycles. The van der Waals surface area contributed by atoms with Crippen LogP contribution in [-0.2, 0) is 15.8 Å². The molecule has 0 spiro atoms. The standard InChI is InChI=1S/C14H22N2O2S/c1-16(2)14-10-6-9-13(14)15-19(17,18)11-12-7-4-3-5-8-12/h3-5,7-8,13-15H,6,9-11H2,1-2H3/t13-,14-/m1/s1. The first-order valence-electron chi connectivity index (χ1n) is 6.68. The molecule has 19 heavy (non-hydrogen) atoms. The van der Waals surface area contributed by atoms with Crippen LogP contribution < -0.4 is 4.72 Å². The van der Waals surface area contributed by atoms with Gasteiger partial charge in [0.05, 0.1) is 5.75 Å². The van der Waals surface area contributed by atoms with Gasteiger partial charge in [-0.1, -0.05) is 36.8 Å². The van der Waals surface area contributed by atoms with Gasteiger partial charge in [-0.3, -0.25) is 0 Å². The van der Waals surface area contributed by atoms with Gasteiger partial charge in [-0.15, -0.1) is 0 Å². The molecule has 1 fully saturated rings. The number of likely N-dealkylation sites (N-methyl/N-ethyl adjacent to an activating group) is 1. The van der Waals surface area contributed by atoms with Gasteiger partial charge in [0.15, 0.2) is 0 Å². The highest BCUT2D eigenvalue weighted by Gasteiger charge is 2.31. The van der Waals surface area contributed by atoms with Crippen molar-refractivity contribution in [2.24, 2.45) is 0 Å². The zero-order valence-corrected chi connectivity index (χ0v) is 12.4. The van der Waals surface area contributed by atoms with Gasteiger partial charge < -0.3 is 4.90 Å². The van der Waals surface area contributed by atoms with Crippen molar-refractivity contribution >= 4 is 10.0 Å². The maximum absolute atomic E-state index is 12.2. The Morgan fingerprint density at radius 1 is 1.21 bits per heavy atom. The van der Waals surface area contributed by atoms with E-state index in [1.807, 2.05) is 44.4 Å². The quantitative estimate of drug-likeness (QED) is 0.892. The molecule has 1 N–H and O–H groups in total. The Kier molecular flexibility index (Phi) is 4.60. The second kappa shape index (κ2) is 6.03. The highest BCUT2D eigenvalue weighted by atomic mass is 32.2. The molecule has 5 heteroatoms. The van der Waals surface area contributed by atoms with Gasteiger partial charge in [0.25, 0.3) is 0 Å². The van der Waals surface area contributed by atoms with E-state index in [1.54, 1.807) is 0 Å². The van der Waals surface area contributed by atoms with E-state index in [-0.39, 0.29) is 11.8 Å². The van der Waals surface area contributed by atoms with Crippen LogP contribution >= 0.6 is 0 Å². The molecule has 0 amide bonds. The lowest BCUT2D eigenvalue weighted by molar-refractivity contribution is 0.267. The number of benzene rings is 1. The molecule has 0 heterocycles. The minimum atomic E-state index is -3.26. The van der Waals surface area contributed by atoms with E-state index in [4.69, 9.17) is 0 Å². The summed E-state index contributed by atoms with van der Waals surface area (Å²) in [7, 11) is 0.756. The molecule has 1 aliphatic carbocycles. The van der Waals surface area contributed by atoms with Gasteiger partial charge in [-0.05, 0) is 32.5 Å². The first kappa shape index (κ1) is 14.5. The number of hydrogen-bond donors (Lipinski definition) is 1.